The van der Waals surface area contributed by atoms with Gasteiger partial charge in [0.25, 0.3) is 0 Å². The number of thiophene rings is 1. The lowest BCUT2D eigenvalue weighted by Gasteiger charge is -2.09. The van der Waals surface area contributed by atoms with Crippen molar-refractivity contribution in [3.05, 3.63) is 65.0 Å². The average Bonchev–Trinajstić information content (AvgIpc) is 3.04. The lowest BCUT2D eigenvalue weighted by atomic mass is 10.0. The zero-order chi connectivity index (χ0) is 20.8. The molecule has 6 nitrogen and oxygen atoms in total. The van der Waals surface area contributed by atoms with E-state index >= 15 is 0 Å². The predicted molar refractivity (Wildman–Crippen MR) is 113 cm³/mol. The summed E-state index contributed by atoms with van der Waals surface area (Å²) in [4.78, 5) is 25.7. The second-order valence-electron chi connectivity index (χ2n) is 6.01. The highest BCUT2D eigenvalue weighted by Gasteiger charge is 2.25. The molecule has 0 unspecified atom stereocenters. The Morgan fingerprint density at radius 3 is 2.31 bits per heavy atom. The Hall–Kier alpha value is -3.32. The number of para-hydroxylation sites is 1. The molecule has 2 aromatic carbocycles. The molecule has 7 heteroatoms. The van der Waals surface area contributed by atoms with Gasteiger partial charge in [0, 0.05) is 10.4 Å². The molecule has 0 saturated carbocycles. The van der Waals surface area contributed by atoms with Crippen LogP contribution in [-0.4, -0.2) is 25.8 Å². The van der Waals surface area contributed by atoms with Gasteiger partial charge < -0.3 is 14.2 Å². The fourth-order valence-corrected chi connectivity index (χ4v) is 3.93. The van der Waals surface area contributed by atoms with Gasteiger partial charge in [0.2, 0.25) is 0 Å². The van der Waals surface area contributed by atoms with E-state index in [-0.39, 0.29) is 0 Å². The van der Waals surface area contributed by atoms with E-state index in [4.69, 9.17) is 14.2 Å². The van der Waals surface area contributed by atoms with Gasteiger partial charge in [-0.1, -0.05) is 30.3 Å². The van der Waals surface area contributed by atoms with E-state index in [0.29, 0.717) is 28.5 Å². The number of esters is 1. The van der Waals surface area contributed by atoms with Gasteiger partial charge in [-0.05, 0) is 43.7 Å². The number of nitrogens with one attached hydrogen (secondary N) is 1. The quantitative estimate of drug-likeness (QED) is 0.541. The van der Waals surface area contributed by atoms with Gasteiger partial charge in [0.05, 0.1) is 13.7 Å². The molecule has 1 heterocycles. The van der Waals surface area contributed by atoms with E-state index in [1.54, 1.807) is 24.3 Å². The standard InChI is InChI=1S/C22H21NO5S/c1-4-27-16-12-10-15(11-13-16)18-14(2)29-20(19(18)21(24)26-3)23-22(25)28-17-8-6-5-7-9-17/h5-13H,4H2,1-3H3,(H,23,25). The van der Waals surface area contributed by atoms with E-state index in [1.165, 1.54) is 18.4 Å². The van der Waals surface area contributed by atoms with Crippen molar-refractivity contribution in [2.45, 2.75) is 13.8 Å². The summed E-state index contributed by atoms with van der Waals surface area (Å²) in [6.45, 7) is 4.37. The Bertz CT molecular complexity index is 996. The Morgan fingerprint density at radius 2 is 1.69 bits per heavy atom. The zero-order valence-corrected chi connectivity index (χ0v) is 17.2. The topological polar surface area (TPSA) is 73.9 Å². The number of amides is 1. The van der Waals surface area contributed by atoms with Crippen LogP contribution in [0.5, 0.6) is 11.5 Å². The van der Waals surface area contributed by atoms with Crippen LogP contribution < -0.4 is 14.8 Å². The molecule has 0 atom stereocenters. The van der Waals surface area contributed by atoms with E-state index in [0.717, 1.165) is 16.2 Å². The average molecular weight is 411 g/mol. The minimum absolute atomic E-state index is 0.296. The molecule has 0 radical (unpaired) electrons. The summed E-state index contributed by atoms with van der Waals surface area (Å²) >= 11 is 1.29. The maximum atomic E-state index is 12.5. The lowest BCUT2D eigenvalue weighted by Crippen LogP contribution is -2.18. The fourth-order valence-electron chi connectivity index (χ4n) is 2.88. The smallest absolute Gasteiger partial charge is 0.417 e. The second-order valence-corrected chi connectivity index (χ2v) is 7.24. The van der Waals surface area contributed by atoms with Gasteiger partial charge in [0.15, 0.2) is 0 Å². The summed E-state index contributed by atoms with van der Waals surface area (Å²) in [5, 5.41) is 3.04. The number of carbonyl (C=O) groups excluding carboxylic acids is 2. The first kappa shape index (κ1) is 20.4. The van der Waals surface area contributed by atoms with Crippen LogP contribution in [0.4, 0.5) is 9.80 Å². The van der Waals surface area contributed by atoms with Crippen LogP contribution in [0.1, 0.15) is 22.2 Å². The third-order valence-corrected chi connectivity index (χ3v) is 5.12. The van der Waals surface area contributed by atoms with Crippen molar-refractivity contribution in [1.29, 1.82) is 0 Å². The van der Waals surface area contributed by atoms with Gasteiger partial charge in [-0.25, -0.2) is 9.59 Å². The predicted octanol–water partition coefficient (Wildman–Crippen LogP) is 5.52. The molecular formula is C22H21NO5S. The molecule has 0 aliphatic heterocycles. The van der Waals surface area contributed by atoms with Gasteiger partial charge in [0.1, 0.15) is 22.1 Å². The number of methoxy groups -OCH3 is 1. The molecule has 1 amide bonds. The number of anilines is 1. The maximum absolute atomic E-state index is 12.5. The van der Waals surface area contributed by atoms with Crippen LogP contribution in [0.25, 0.3) is 11.1 Å². The molecule has 0 aliphatic carbocycles. The molecule has 1 N–H and O–H groups in total. The van der Waals surface area contributed by atoms with Crippen molar-refractivity contribution in [1.82, 2.24) is 0 Å². The Labute approximate surface area is 173 Å². The zero-order valence-electron chi connectivity index (χ0n) is 16.4. The van der Waals surface area contributed by atoms with Gasteiger partial charge in [-0.15, -0.1) is 11.3 Å². The highest BCUT2D eigenvalue weighted by Crippen LogP contribution is 2.40. The molecule has 0 bridgehead atoms. The number of benzene rings is 2. The summed E-state index contributed by atoms with van der Waals surface area (Å²) in [7, 11) is 1.31. The number of aryl methyl sites for hydroxylation is 1. The van der Waals surface area contributed by atoms with Gasteiger partial charge in [-0.3, -0.25) is 5.32 Å². The summed E-state index contributed by atoms with van der Waals surface area (Å²) in [5.74, 6) is 0.617. The molecule has 1 aromatic heterocycles. The highest BCUT2D eigenvalue weighted by atomic mass is 32.1. The van der Waals surface area contributed by atoms with Crippen LogP contribution in [-0.2, 0) is 4.74 Å². The molecular weight excluding hydrogens is 390 g/mol. The highest BCUT2D eigenvalue weighted by molar-refractivity contribution is 7.17. The minimum atomic E-state index is -0.680. The van der Waals surface area contributed by atoms with Crippen LogP contribution in [0.2, 0.25) is 0 Å². The van der Waals surface area contributed by atoms with Crippen molar-refractivity contribution in [3.63, 3.8) is 0 Å². The molecule has 0 saturated heterocycles. The van der Waals surface area contributed by atoms with Crippen molar-refractivity contribution in [2.75, 3.05) is 19.0 Å². The Morgan fingerprint density at radius 1 is 1.00 bits per heavy atom. The van der Waals surface area contributed by atoms with Crippen molar-refractivity contribution < 1.29 is 23.8 Å². The summed E-state index contributed by atoms with van der Waals surface area (Å²) in [5.41, 5.74) is 1.83. The molecule has 3 aromatic rings. The Kier molecular flexibility index (Phi) is 6.51. The van der Waals surface area contributed by atoms with Crippen molar-refractivity contribution in [2.24, 2.45) is 0 Å². The van der Waals surface area contributed by atoms with Gasteiger partial charge >= 0.3 is 12.1 Å². The first-order chi connectivity index (χ1) is 14.0. The number of carbonyl (C=O) groups is 2. The lowest BCUT2D eigenvalue weighted by molar-refractivity contribution is 0.0603. The van der Waals surface area contributed by atoms with E-state index in [9.17, 15) is 9.59 Å². The summed E-state index contributed by atoms with van der Waals surface area (Å²) < 4.78 is 15.7. The molecule has 0 aliphatic rings. The number of hydrogen-bond acceptors (Lipinski definition) is 6. The van der Waals surface area contributed by atoms with Crippen LogP contribution in [0.3, 0.4) is 0 Å². The SMILES string of the molecule is CCOc1ccc(-c2c(C)sc(NC(=O)Oc3ccccc3)c2C(=O)OC)cc1. The first-order valence-corrected chi connectivity index (χ1v) is 9.84. The summed E-state index contributed by atoms with van der Waals surface area (Å²) in [6.07, 6.45) is -0.680. The first-order valence-electron chi connectivity index (χ1n) is 9.02. The number of ether oxygens (including phenoxy) is 3. The molecule has 0 fully saturated rings. The minimum Gasteiger partial charge on any atom is -0.494 e. The normalized spacial score (nSPS) is 10.3. The molecule has 150 valence electrons. The van der Waals surface area contributed by atoms with Crippen LogP contribution in [0.15, 0.2) is 54.6 Å². The monoisotopic (exact) mass is 411 g/mol. The number of hydrogen-bond donors (Lipinski definition) is 1. The second kappa shape index (κ2) is 9.25. The summed E-state index contributed by atoms with van der Waals surface area (Å²) in [6, 6.07) is 16.1. The van der Waals surface area contributed by atoms with Crippen LogP contribution in [0, 0.1) is 6.92 Å². The van der Waals surface area contributed by atoms with Crippen molar-refractivity contribution >= 4 is 28.4 Å². The van der Waals surface area contributed by atoms with E-state index in [2.05, 4.69) is 5.32 Å². The Balaban J connectivity index is 1.93. The number of rotatable bonds is 6. The molecule has 29 heavy (non-hydrogen) atoms. The molecule has 3 rings (SSSR count). The fraction of sp³-hybridized carbons (Fsp3) is 0.182. The largest absolute Gasteiger partial charge is 0.494 e. The van der Waals surface area contributed by atoms with E-state index in [1.807, 2.05) is 44.2 Å². The van der Waals surface area contributed by atoms with Crippen LogP contribution >= 0.6 is 11.3 Å². The van der Waals surface area contributed by atoms with Gasteiger partial charge in [-0.2, -0.15) is 0 Å². The third kappa shape index (κ3) is 4.75. The van der Waals surface area contributed by atoms with Crippen molar-refractivity contribution in [3.8, 4) is 22.6 Å². The van der Waals surface area contributed by atoms with E-state index < -0.39 is 12.1 Å². The third-order valence-electron chi connectivity index (χ3n) is 4.10. The maximum Gasteiger partial charge on any atom is 0.417 e. The molecule has 0 spiro atoms.